The average molecular weight is 551 g/mol. The van der Waals surface area contributed by atoms with E-state index in [2.05, 4.69) is 26.5 Å². The Morgan fingerprint density at radius 1 is 1.04 bits per heavy atom. The van der Waals surface area contributed by atoms with Crippen molar-refractivity contribution in [2.45, 2.75) is 5.60 Å². The van der Waals surface area contributed by atoms with Gasteiger partial charge in [-0.1, -0.05) is 76.6 Å². The van der Waals surface area contributed by atoms with E-state index in [0.717, 1.165) is 4.47 Å². The molecule has 0 aromatic heterocycles. The Morgan fingerprint density at radius 3 is 2.11 bits per heavy atom. The van der Waals surface area contributed by atoms with Gasteiger partial charge in [-0.3, -0.25) is 4.79 Å². The van der Waals surface area contributed by atoms with Crippen molar-refractivity contribution in [2.75, 3.05) is 0 Å². The zero-order valence-corrected chi connectivity index (χ0v) is 18.3. The fourth-order valence-electron chi connectivity index (χ4n) is 2.71. The predicted molar refractivity (Wildman–Crippen MR) is 120 cm³/mol. The highest BCUT2D eigenvalue weighted by molar-refractivity contribution is 14.1. The van der Waals surface area contributed by atoms with Crippen molar-refractivity contribution in [3.8, 4) is 5.75 Å². The molecule has 3 aromatic carbocycles. The topological polar surface area (TPSA) is 81.9 Å². The number of hydrogen-bond acceptors (Lipinski definition) is 4. The first kappa shape index (κ1) is 20.5. The lowest BCUT2D eigenvalue weighted by Crippen LogP contribution is -2.43. The van der Waals surface area contributed by atoms with Crippen molar-refractivity contribution >= 4 is 50.6 Å². The molecule has 0 spiro atoms. The summed E-state index contributed by atoms with van der Waals surface area (Å²) in [7, 11) is 0. The Hall–Kier alpha value is -2.23. The van der Waals surface area contributed by atoms with E-state index in [9.17, 15) is 15.0 Å². The number of halogens is 2. The summed E-state index contributed by atoms with van der Waals surface area (Å²) in [4.78, 5) is 12.9. The fourth-order valence-corrected chi connectivity index (χ4v) is 4.26. The number of benzene rings is 3. The predicted octanol–water partition coefficient (Wildman–Crippen LogP) is 4.15. The van der Waals surface area contributed by atoms with Crippen molar-refractivity contribution < 1.29 is 15.0 Å². The minimum absolute atomic E-state index is 0.0585. The monoisotopic (exact) mass is 550 g/mol. The lowest BCUT2D eigenvalue weighted by Gasteiger charge is -2.27. The third kappa shape index (κ3) is 4.26. The van der Waals surface area contributed by atoms with Crippen LogP contribution in [0.4, 0.5) is 0 Å². The maximum Gasteiger partial charge on any atom is 0.281 e. The van der Waals surface area contributed by atoms with E-state index in [0.29, 0.717) is 20.3 Å². The molecule has 0 radical (unpaired) electrons. The van der Waals surface area contributed by atoms with Crippen LogP contribution in [0.2, 0.25) is 0 Å². The van der Waals surface area contributed by atoms with Gasteiger partial charge in [-0.05, 0) is 45.9 Å². The van der Waals surface area contributed by atoms with Crippen molar-refractivity contribution in [1.82, 2.24) is 5.43 Å². The van der Waals surface area contributed by atoms with E-state index < -0.39 is 11.5 Å². The van der Waals surface area contributed by atoms with Crippen molar-refractivity contribution in [1.29, 1.82) is 0 Å². The van der Waals surface area contributed by atoms with Gasteiger partial charge < -0.3 is 10.2 Å². The summed E-state index contributed by atoms with van der Waals surface area (Å²) in [5.74, 6) is -0.645. The van der Waals surface area contributed by atoms with E-state index in [1.165, 1.54) is 6.21 Å². The summed E-state index contributed by atoms with van der Waals surface area (Å²) < 4.78 is 1.41. The highest BCUT2D eigenvalue weighted by Crippen LogP contribution is 2.30. The molecule has 0 saturated carbocycles. The van der Waals surface area contributed by atoms with Gasteiger partial charge in [-0.2, -0.15) is 5.10 Å². The number of phenols is 1. The molecule has 1 amide bonds. The van der Waals surface area contributed by atoms with Crippen LogP contribution in [0.1, 0.15) is 16.7 Å². The molecule has 7 heteroatoms. The number of carbonyl (C=O) groups excluding carboxylic acids is 1. The molecule has 3 N–H and O–H groups in total. The Balaban J connectivity index is 1.91. The number of rotatable bonds is 5. The molecule has 0 aliphatic rings. The molecule has 0 aliphatic carbocycles. The second-order valence-corrected chi connectivity index (χ2v) is 8.04. The summed E-state index contributed by atoms with van der Waals surface area (Å²) in [5.41, 5.74) is 1.76. The maximum absolute atomic E-state index is 12.9. The number of hydrazone groups is 1. The maximum atomic E-state index is 12.9. The number of carbonyl (C=O) groups is 1. The van der Waals surface area contributed by atoms with E-state index >= 15 is 0 Å². The molecule has 3 rings (SSSR count). The SMILES string of the molecule is O=C(N/N=C\c1cc(Br)cc(I)c1O)C(O)(c1ccccc1)c1ccccc1. The van der Waals surface area contributed by atoms with Crippen LogP contribution < -0.4 is 5.43 Å². The minimum Gasteiger partial charge on any atom is -0.506 e. The second-order valence-electron chi connectivity index (χ2n) is 5.97. The lowest BCUT2D eigenvalue weighted by atomic mass is 9.85. The Morgan fingerprint density at radius 2 is 1.57 bits per heavy atom. The number of aliphatic hydroxyl groups is 1. The van der Waals surface area contributed by atoms with Crippen LogP contribution in [0.15, 0.2) is 82.4 Å². The molecule has 0 fully saturated rings. The number of phenolic OH excluding ortho intramolecular Hbond substituents is 1. The second kappa shape index (κ2) is 8.85. The van der Waals surface area contributed by atoms with E-state index in [1.807, 2.05) is 34.7 Å². The number of nitrogens with one attached hydrogen (secondary N) is 1. The van der Waals surface area contributed by atoms with Gasteiger partial charge in [-0.15, -0.1) is 0 Å². The Bertz CT molecular complexity index is 971. The van der Waals surface area contributed by atoms with Crippen LogP contribution in [-0.2, 0) is 10.4 Å². The number of nitrogens with zero attached hydrogens (tertiary/aromatic N) is 1. The average Bonchev–Trinajstić information content (AvgIpc) is 2.72. The van der Waals surface area contributed by atoms with Crippen LogP contribution in [0, 0.1) is 3.57 Å². The van der Waals surface area contributed by atoms with Crippen LogP contribution in [-0.4, -0.2) is 22.3 Å². The van der Waals surface area contributed by atoms with Crippen LogP contribution in [0.3, 0.4) is 0 Å². The summed E-state index contributed by atoms with van der Waals surface area (Å²) in [5, 5.41) is 25.4. The van der Waals surface area contributed by atoms with Crippen molar-refractivity contribution in [2.24, 2.45) is 5.10 Å². The van der Waals surface area contributed by atoms with Crippen LogP contribution >= 0.6 is 38.5 Å². The van der Waals surface area contributed by atoms with Gasteiger partial charge in [0.05, 0.1) is 9.78 Å². The zero-order chi connectivity index (χ0) is 20.1. The van der Waals surface area contributed by atoms with Gasteiger partial charge in [0, 0.05) is 10.0 Å². The van der Waals surface area contributed by atoms with E-state index in [-0.39, 0.29) is 5.75 Å². The molecule has 142 valence electrons. The first-order valence-corrected chi connectivity index (χ1v) is 10.1. The molecular weight excluding hydrogens is 535 g/mol. The van der Waals surface area contributed by atoms with Crippen molar-refractivity contribution in [3.05, 3.63) is 97.5 Å². The van der Waals surface area contributed by atoms with Gasteiger partial charge in [0.15, 0.2) is 5.60 Å². The van der Waals surface area contributed by atoms with Gasteiger partial charge >= 0.3 is 0 Å². The Kier molecular flexibility index (Phi) is 6.48. The summed E-state index contributed by atoms with van der Waals surface area (Å²) in [6.07, 6.45) is 1.33. The van der Waals surface area contributed by atoms with Gasteiger partial charge in [0.2, 0.25) is 0 Å². The quantitative estimate of drug-likeness (QED) is 0.254. The molecule has 0 unspecified atom stereocenters. The first-order valence-electron chi connectivity index (χ1n) is 8.28. The van der Waals surface area contributed by atoms with Crippen LogP contribution in [0.5, 0.6) is 5.75 Å². The van der Waals surface area contributed by atoms with E-state index in [4.69, 9.17) is 0 Å². The number of aromatic hydroxyl groups is 1. The highest BCUT2D eigenvalue weighted by Gasteiger charge is 2.39. The van der Waals surface area contributed by atoms with Gasteiger partial charge in [0.1, 0.15) is 5.75 Å². The first-order chi connectivity index (χ1) is 13.4. The van der Waals surface area contributed by atoms with Gasteiger partial charge in [-0.25, -0.2) is 5.43 Å². The third-order valence-electron chi connectivity index (χ3n) is 4.14. The third-order valence-corrected chi connectivity index (χ3v) is 5.42. The van der Waals surface area contributed by atoms with Crippen molar-refractivity contribution in [3.63, 3.8) is 0 Å². The lowest BCUT2D eigenvalue weighted by molar-refractivity contribution is -0.136. The number of hydrogen-bond donors (Lipinski definition) is 3. The molecule has 0 heterocycles. The van der Waals surface area contributed by atoms with Gasteiger partial charge in [0.25, 0.3) is 5.91 Å². The zero-order valence-electron chi connectivity index (χ0n) is 14.5. The molecule has 0 saturated heterocycles. The number of amides is 1. The summed E-state index contributed by atoms with van der Waals surface area (Å²) in [6.45, 7) is 0. The molecular formula is C21H16BrIN2O3. The molecule has 0 aliphatic heterocycles. The minimum atomic E-state index is -1.91. The molecule has 0 bridgehead atoms. The molecule has 5 nitrogen and oxygen atoms in total. The van der Waals surface area contributed by atoms with Crippen LogP contribution in [0.25, 0.3) is 0 Å². The normalized spacial score (nSPS) is 11.5. The standard InChI is InChI=1S/C21H16BrIN2O3/c22-17-11-14(19(26)18(23)12-17)13-24-25-20(27)21(28,15-7-3-1-4-8-15)16-9-5-2-6-10-16/h1-13,26,28H,(H,25,27)/b24-13-. The summed E-state index contributed by atoms with van der Waals surface area (Å²) >= 11 is 5.36. The highest BCUT2D eigenvalue weighted by atomic mass is 127. The molecule has 0 atom stereocenters. The Labute approximate surface area is 184 Å². The van der Waals surface area contributed by atoms with E-state index in [1.54, 1.807) is 60.7 Å². The molecule has 3 aromatic rings. The smallest absolute Gasteiger partial charge is 0.281 e. The largest absolute Gasteiger partial charge is 0.506 e. The molecule has 28 heavy (non-hydrogen) atoms. The fraction of sp³-hybridized carbons (Fsp3) is 0.0476. The summed E-state index contributed by atoms with van der Waals surface area (Å²) in [6, 6.07) is 20.8.